The summed E-state index contributed by atoms with van der Waals surface area (Å²) in [5.74, 6) is -0.100. The van der Waals surface area contributed by atoms with Gasteiger partial charge in [-0.25, -0.2) is 0 Å². The number of carbonyl (C=O) groups is 1. The Kier molecular flexibility index (Phi) is 3.16. The first-order valence-corrected chi connectivity index (χ1v) is 6.27. The van der Waals surface area contributed by atoms with Gasteiger partial charge in [-0.2, -0.15) is 0 Å². The molecule has 1 amide bonds. The van der Waals surface area contributed by atoms with E-state index in [9.17, 15) is 4.79 Å². The van der Waals surface area contributed by atoms with Crippen molar-refractivity contribution in [3.8, 4) is 0 Å². The monoisotopic (exact) mass is 240 g/mol. The SMILES string of the molecule is Nc1ccsc1C(=O)NCC1(CCO)CC1. The normalized spacial score (nSPS) is 17.1. The lowest BCUT2D eigenvalue weighted by molar-refractivity contribution is 0.0945. The first-order valence-electron chi connectivity index (χ1n) is 5.39. The molecule has 2 rings (SSSR count). The largest absolute Gasteiger partial charge is 0.397 e. The van der Waals surface area contributed by atoms with Crippen molar-refractivity contribution >= 4 is 22.9 Å². The molecule has 0 spiro atoms. The Hall–Kier alpha value is -1.07. The van der Waals surface area contributed by atoms with E-state index in [0.717, 1.165) is 19.3 Å². The Morgan fingerprint density at radius 3 is 2.88 bits per heavy atom. The topological polar surface area (TPSA) is 75.4 Å². The number of nitrogen functional groups attached to an aromatic ring is 1. The number of rotatable bonds is 5. The quantitative estimate of drug-likeness (QED) is 0.724. The minimum atomic E-state index is -0.100. The van der Waals surface area contributed by atoms with Crippen molar-refractivity contribution in [3.05, 3.63) is 16.3 Å². The van der Waals surface area contributed by atoms with E-state index in [1.165, 1.54) is 11.3 Å². The van der Waals surface area contributed by atoms with Gasteiger partial charge >= 0.3 is 0 Å². The van der Waals surface area contributed by atoms with Crippen LogP contribution in [0.3, 0.4) is 0 Å². The molecule has 1 fully saturated rings. The highest BCUT2D eigenvalue weighted by atomic mass is 32.1. The van der Waals surface area contributed by atoms with E-state index in [1.807, 2.05) is 5.38 Å². The van der Waals surface area contributed by atoms with Crippen LogP contribution < -0.4 is 11.1 Å². The zero-order valence-electron chi connectivity index (χ0n) is 9.03. The minimum Gasteiger partial charge on any atom is -0.397 e. The van der Waals surface area contributed by atoms with Gasteiger partial charge in [0.1, 0.15) is 4.88 Å². The first kappa shape index (κ1) is 11.4. The molecular formula is C11H16N2O2S. The van der Waals surface area contributed by atoms with Crippen molar-refractivity contribution in [2.45, 2.75) is 19.3 Å². The van der Waals surface area contributed by atoms with E-state index in [2.05, 4.69) is 5.32 Å². The van der Waals surface area contributed by atoms with Crippen molar-refractivity contribution in [2.75, 3.05) is 18.9 Å². The molecule has 0 aromatic carbocycles. The second-order valence-corrected chi connectivity index (χ2v) is 5.28. The Balaban J connectivity index is 1.87. The summed E-state index contributed by atoms with van der Waals surface area (Å²) in [5, 5.41) is 13.6. The van der Waals surface area contributed by atoms with E-state index >= 15 is 0 Å². The molecule has 0 bridgehead atoms. The van der Waals surface area contributed by atoms with Crippen LogP contribution in [-0.2, 0) is 0 Å². The molecule has 4 nitrogen and oxygen atoms in total. The van der Waals surface area contributed by atoms with Crippen molar-refractivity contribution in [2.24, 2.45) is 5.41 Å². The molecule has 0 unspecified atom stereocenters. The standard InChI is InChI=1S/C11H16N2O2S/c12-8-1-6-16-9(8)10(15)13-7-11(2-3-11)4-5-14/h1,6,14H,2-5,7,12H2,(H,13,15). The molecule has 0 radical (unpaired) electrons. The Bertz CT molecular complexity index is 385. The Labute approximate surface area is 98.5 Å². The number of amides is 1. The molecule has 0 atom stereocenters. The molecule has 88 valence electrons. The molecule has 4 N–H and O–H groups in total. The molecule has 0 saturated heterocycles. The third-order valence-electron chi connectivity index (χ3n) is 3.13. The molecule has 1 aliphatic carbocycles. The smallest absolute Gasteiger partial charge is 0.263 e. The summed E-state index contributed by atoms with van der Waals surface area (Å²) in [6.45, 7) is 0.834. The maximum atomic E-state index is 11.8. The molecule has 16 heavy (non-hydrogen) atoms. The highest BCUT2D eigenvalue weighted by Gasteiger charge is 2.41. The predicted molar refractivity (Wildman–Crippen MR) is 64.4 cm³/mol. The molecule has 1 heterocycles. The van der Waals surface area contributed by atoms with E-state index in [4.69, 9.17) is 10.8 Å². The zero-order valence-corrected chi connectivity index (χ0v) is 9.85. The number of nitrogens with one attached hydrogen (secondary N) is 1. The van der Waals surface area contributed by atoms with Gasteiger partial charge in [0.25, 0.3) is 5.91 Å². The molecule has 0 aliphatic heterocycles. The van der Waals surface area contributed by atoms with Crippen LogP contribution in [0.15, 0.2) is 11.4 Å². The van der Waals surface area contributed by atoms with Gasteiger partial charge in [0.2, 0.25) is 0 Å². The highest BCUT2D eigenvalue weighted by molar-refractivity contribution is 7.12. The Morgan fingerprint density at radius 1 is 1.62 bits per heavy atom. The zero-order chi connectivity index (χ0) is 11.6. The third-order valence-corrected chi connectivity index (χ3v) is 4.05. The first-order chi connectivity index (χ1) is 7.67. The van der Waals surface area contributed by atoms with Crippen molar-refractivity contribution in [1.82, 2.24) is 5.32 Å². The van der Waals surface area contributed by atoms with Crippen LogP contribution in [-0.4, -0.2) is 24.2 Å². The molecule has 1 aromatic heterocycles. The summed E-state index contributed by atoms with van der Waals surface area (Å²) in [5.41, 5.74) is 6.35. The summed E-state index contributed by atoms with van der Waals surface area (Å²) in [7, 11) is 0. The van der Waals surface area contributed by atoms with Crippen LogP contribution in [0.4, 0.5) is 5.69 Å². The summed E-state index contributed by atoms with van der Waals surface area (Å²) in [4.78, 5) is 12.3. The average molecular weight is 240 g/mol. The van der Waals surface area contributed by atoms with Gasteiger partial charge in [-0.15, -0.1) is 11.3 Å². The predicted octanol–water partition coefficient (Wildman–Crippen LogP) is 1.22. The van der Waals surface area contributed by atoms with E-state index in [0.29, 0.717) is 17.1 Å². The molecule has 1 aliphatic rings. The van der Waals surface area contributed by atoms with Crippen LogP contribution >= 0.6 is 11.3 Å². The number of nitrogens with two attached hydrogens (primary N) is 1. The summed E-state index contributed by atoms with van der Waals surface area (Å²) >= 11 is 1.36. The van der Waals surface area contributed by atoms with E-state index in [-0.39, 0.29) is 17.9 Å². The minimum absolute atomic E-state index is 0.100. The van der Waals surface area contributed by atoms with Crippen LogP contribution in [0, 0.1) is 5.41 Å². The lowest BCUT2D eigenvalue weighted by Crippen LogP contribution is -2.30. The lowest BCUT2D eigenvalue weighted by atomic mass is 10.0. The lowest BCUT2D eigenvalue weighted by Gasteiger charge is -2.14. The second-order valence-electron chi connectivity index (χ2n) is 4.36. The summed E-state index contributed by atoms with van der Waals surface area (Å²) in [6.07, 6.45) is 2.95. The van der Waals surface area contributed by atoms with Gasteiger partial charge in [-0.3, -0.25) is 4.79 Å². The number of aliphatic hydroxyl groups is 1. The van der Waals surface area contributed by atoms with E-state index < -0.39 is 0 Å². The van der Waals surface area contributed by atoms with Crippen LogP contribution in [0.25, 0.3) is 0 Å². The molecule has 1 saturated carbocycles. The summed E-state index contributed by atoms with van der Waals surface area (Å²) in [6, 6.07) is 1.74. The van der Waals surface area contributed by atoms with Gasteiger partial charge in [-0.05, 0) is 36.1 Å². The average Bonchev–Trinajstić information content (AvgIpc) is 2.89. The van der Waals surface area contributed by atoms with Crippen LogP contribution in [0.1, 0.15) is 28.9 Å². The fourth-order valence-electron chi connectivity index (χ4n) is 1.78. The number of hydrogen-bond acceptors (Lipinski definition) is 4. The van der Waals surface area contributed by atoms with Gasteiger partial charge in [0.05, 0.1) is 5.69 Å². The van der Waals surface area contributed by atoms with Gasteiger partial charge < -0.3 is 16.2 Å². The third kappa shape index (κ3) is 2.36. The molecule has 5 heteroatoms. The number of carbonyl (C=O) groups excluding carboxylic acids is 1. The number of thiophene rings is 1. The Morgan fingerprint density at radius 2 is 2.38 bits per heavy atom. The van der Waals surface area contributed by atoms with Crippen molar-refractivity contribution < 1.29 is 9.90 Å². The van der Waals surface area contributed by atoms with Gasteiger partial charge in [0, 0.05) is 13.2 Å². The number of aliphatic hydroxyl groups excluding tert-OH is 1. The molecular weight excluding hydrogens is 224 g/mol. The number of anilines is 1. The maximum Gasteiger partial charge on any atom is 0.263 e. The van der Waals surface area contributed by atoms with Crippen LogP contribution in [0.5, 0.6) is 0 Å². The number of hydrogen-bond donors (Lipinski definition) is 3. The second kappa shape index (κ2) is 4.43. The van der Waals surface area contributed by atoms with Crippen molar-refractivity contribution in [1.29, 1.82) is 0 Å². The fourth-order valence-corrected chi connectivity index (χ4v) is 2.51. The van der Waals surface area contributed by atoms with Gasteiger partial charge in [-0.1, -0.05) is 0 Å². The van der Waals surface area contributed by atoms with E-state index in [1.54, 1.807) is 6.07 Å². The van der Waals surface area contributed by atoms with Gasteiger partial charge in [0.15, 0.2) is 0 Å². The molecule has 1 aromatic rings. The summed E-state index contributed by atoms with van der Waals surface area (Å²) < 4.78 is 0. The fraction of sp³-hybridized carbons (Fsp3) is 0.545. The van der Waals surface area contributed by atoms with Crippen LogP contribution in [0.2, 0.25) is 0 Å². The maximum absolute atomic E-state index is 11.8. The van der Waals surface area contributed by atoms with Crippen molar-refractivity contribution in [3.63, 3.8) is 0 Å². The highest BCUT2D eigenvalue weighted by Crippen LogP contribution is 2.47.